The molecule has 0 bridgehead atoms. The van der Waals surface area contributed by atoms with Crippen LogP contribution in [0.5, 0.6) is 11.5 Å². The van der Waals surface area contributed by atoms with Crippen LogP contribution in [-0.2, 0) is 6.54 Å². The minimum atomic E-state index is -0.0611. The minimum Gasteiger partial charge on any atom is -0.454 e. The normalized spacial score (nSPS) is 16.5. The number of carbonyl (C=O) groups is 1. The van der Waals surface area contributed by atoms with Crippen LogP contribution in [0.25, 0.3) is 6.08 Å². The zero-order valence-electron chi connectivity index (χ0n) is 15.4. The molecule has 0 aromatic heterocycles. The van der Waals surface area contributed by atoms with Gasteiger partial charge in [-0.25, -0.2) is 4.79 Å². The van der Waals surface area contributed by atoms with E-state index in [1.165, 1.54) is 5.56 Å². The second kappa shape index (κ2) is 8.67. The van der Waals surface area contributed by atoms with Crippen molar-refractivity contribution in [3.63, 3.8) is 0 Å². The highest BCUT2D eigenvalue weighted by Crippen LogP contribution is 2.32. The predicted molar refractivity (Wildman–Crippen MR) is 111 cm³/mol. The molecule has 0 aliphatic carbocycles. The molecule has 6 nitrogen and oxygen atoms in total. The quantitative estimate of drug-likeness (QED) is 0.782. The number of fused-ring (bicyclic) bond motifs is 1. The summed E-state index contributed by atoms with van der Waals surface area (Å²) in [7, 11) is 0. The van der Waals surface area contributed by atoms with Gasteiger partial charge in [-0.15, -0.1) is 0 Å². The molecule has 7 heteroatoms. The van der Waals surface area contributed by atoms with Crippen molar-refractivity contribution in [3.8, 4) is 11.5 Å². The van der Waals surface area contributed by atoms with E-state index in [1.807, 2.05) is 47.4 Å². The van der Waals surface area contributed by atoms with E-state index in [2.05, 4.69) is 32.2 Å². The lowest BCUT2D eigenvalue weighted by Gasteiger charge is -2.34. The Hall–Kier alpha value is -2.51. The fourth-order valence-corrected chi connectivity index (χ4v) is 3.73. The summed E-state index contributed by atoms with van der Waals surface area (Å²) in [5.41, 5.74) is 2.22. The number of nitrogens with zero attached hydrogens (tertiary/aromatic N) is 2. The molecule has 0 atom stereocenters. The summed E-state index contributed by atoms with van der Waals surface area (Å²) in [5.74, 6) is 1.62. The molecule has 2 heterocycles. The summed E-state index contributed by atoms with van der Waals surface area (Å²) in [6.07, 6.45) is 3.58. The van der Waals surface area contributed by atoms with Gasteiger partial charge in [-0.1, -0.05) is 34.1 Å². The molecule has 146 valence electrons. The van der Waals surface area contributed by atoms with Gasteiger partial charge in [0.05, 0.1) is 0 Å². The summed E-state index contributed by atoms with van der Waals surface area (Å²) >= 11 is 3.44. The topological polar surface area (TPSA) is 54.0 Å². The lowest BCUT2D eigenvalue weighted by atomic mass is 10.1. The van der Waals surface area contributed by atoms with Gasteiger partial charge in [0.25, 0.3) is 0 Å². The van der Waals surface area contributed by atoms with E-state index in [-0.39, 0.29) is 6.03 Å². The van der Waals surface area contributed by atoms with Crippen molar-refractivity contribution in [3.05, 3.63) is 64.3 Å². The molecule has 4 rings (SSSR count). The monoisotopic (exact) mass is 443 g/mol. The van der Waals surface area contributed by atoms with E-state index in [0.717, 1.165) is 41.2 Å². The number of hydrogen-bond acceptors (Lipinski definition) is 4. The van der Waals surface area contributed by atoms with E-state index in [9.17, 15) is 4.79 Å². The maximum Gasteiger partial charge on any atom is 0.321 e. The van der Waals surface area contributed by atoms with E-state index in [1.54, 1.807) is 6.20 Å². The molecule has 2 aliphatic heterocycles. The fraction of sp³-hybridized carbons (Fsp3) is 0.286. The molecule has 2 amide bonds. The van der Waals surface area contributed by atoms with Crippen LogP contribution in [0.15, 0.2) is 53.1 Å². The summed E-state index contributed by atoms with van der Waals surface area (Å²) < 4.78 is 11.8. The van der Waals surface area contributed by atoms with E-state index >= 15 is 0 Å². The lowest BCUT2D eigenvalue weighted by Crippen LogP contribution is -2.50. The number of amides is 2. The summed E-state index contributed by atoms with van der Waals surface area (Å²) in [6.45, 7) is 4.24. The first-order valence-corrected chi connectivity index (χ1v) is 10.1. The highest BCUT2D eigenvalue weighted by molar-refractivity contribution is 9.10. The average Bonchev–Trinajstić information content (AvgIpc) is 3.16. The Morgan fingerprint density at radius 1 is 1.07 bits per heavy atom. The Bertz CT molecular complexity index is 879. The van der Waals surface area contributed by atoms with Crippen molar-refractivity contribution in [1.82, 2.24) is 15.1 Å². The molecule has 2 aliphatic rings. The van der Waals surface area contributed by atoms with Gasteiger partial charge >= 0.3 is 6.03 Å². The van der Waals surface area contributed by atoms with Crippen LogP contribution in [0.1, 0.15) is 11.1 Å². The van der Waals surface area contributed by atoms with Gasteiger partial charge in [0, 0.05) is 43.4 Å². The third kappa shape index (κ3) is 4.66. The van der Waals surface area contributed by atoms with Crippen LogP contribution in [-0.4, -0.2) is 48.8 Å². The van der Waals surface area contributed by atoms with Crippen LogP contribution in [0.4, 0.5) is 4.79 Å². The van der Waals surface area contributed by atoms with Gasteiger partial charge in [-0.3, -0.25) is 4.90 Å². The Labute approximate surface area is 172 Å². The van der Waals surface area contributed by atoms with Gasteiger partial charge in [0.15, 0.2) is 11.5 Å². The zero-order chi connectivity index (χ0) is 19.3. The second-order valence-corrected chi connectivity index (χ2v) is 7.70. The second-order valence-electron chi connectivity index (χ2n) is 6.79. The number of urea groups is 1. The third-order valence-corrected chi connectivity index (χ3v) is 5.33. The number of benzene rings is 2. The van der Waals surface area contributed by atoms with Crippen molar-refractivity contribution >= 4 is 28.0 Å². The largest absolute Gasteiger partial charge is 0.454 e. The van der Waals surface area contributed by atoms with Gasteiger partial charge in [0.2, 0.25) is 6.79 Å². The Kier molecular flexibility index (Phi) is 5.83. The molecule has 1 saturated heterocycles. The molecule has 2 aromatic rings. The molecule has 28 heavy (non-hydrogen) atoms. The van der Waals surface area contributed by atoms with Crippen LogP contribution in [0.3, 0.4) is 0 Å². The van der Waals surface area contributed by atoms with Crippen molar-refractivity contribution in [2.45, 2.75) is 6.54 Å². The maximum absolute atomic E-state index is 12.4. The smallest absolute Gasteiger partial charge is 0.321 e. The van der Waals surface area contributed by atoms with Crippen LogP contribution < -0.4 is 14.8 Å². The Morgan fingerprint density at radius 3 is 2.71 bits per heavy atom. The van der Waals surface area contributed by atoms with Crippen LogP contribution in [0.2, 0.25) is 0 Å². The van der Waals surface area contributed by atoms with Crippen LogP contribution in [0, 0.1) is 0 Å². The van der Waals surface area contributed by atoms with Crippen molar-refractivity contribution < 1.29 is 14.3 Å². The van der Waals surface area contributed by atoms with Gasteiger partial charge in [-0.05, 0) is 41.5 Å². The van der Waals surface area contributed by atoms with Crippen molar-refractivity contribution in [2.24, 2.45) is 0 Å². The number of hydrogen-bond donors (Lipinski definition) is 1. The first-order valence-electron chi connectivity index (χ1n) is 9.26. The number of carbonyl (C=O) groups excluding carboxylic acids is 1. The van der Waals surface area contributed by atoms with Gasteiger partial charge < -0.3 is 19.7 Å². The molecule has 1 N–H and O–H groups in total. The summed E-state index contributed by atoms with van der Waals surface area (Å²) in [6, 6.07) is 13.9. The number of rotatable bonds is 4. The molecule has 2 aromatic carbocycles. The Morgan fingerprint density at radius 2 is 1.89 bits per heavy atom. The van der Waals surface area contributed by atoms with Gasteiger partial charge in [-0.2, -0.15) is 0 Å². The number of nitrogens with one attached hydrogen (secondary N) is 1. The average molecular weight is 444 g/mol. The Balaban J connectivity index is 1.24. The first kappa shape index (κ1) is 18.8. The molecule has 0 spiro atoms. The van der Waals surface area contributed by atoms with E-state index < -0.39 is 0 Å². The van der Waals surface area contributed by atoms with E-state index in [4.69, 9.17) is 9.47 Å². The number of halogens is 1. The summed E-state index contributed by atoms with van der Waals surface area (Å²) in [4.78, 5) is 16.5. The fourth-order valence-electron chi connectivity index (χ4n) is 3.32. The minimum absolute atomic E-state index is 0.0611. The number of piperazine rings is 1. The van der Waals surface area contributed by atoms with Crippen LogP contribution >= 0.6 is 15.9 Å². The standard InChI is InChI=1S/C21H22BrN3O3/c22-18-3-1-2-16(12-18)6-7-23-21(26)25-10-8-24(9-11-25)14-17-4-5-19-20(13-17)28-15-27-19/h1-7,12-13H,8-11,14-15H2,(H,23,26)/b7-6+. The zero-order valence-corrected chi connectivity index (χ0v) is 17.0. The van der Waals surface area contributed by atoms with E-state index in [0.29, 0.717) is 19.9 Å². The molecule has 0 unspecified atom stereocenters. The molecule has 0 saturated carbocycles. The maximum atomic E-state index is 12.4. The predicted octanol–water partition coefficient (Wildman–Crippen LogP) is 3.68. The van der Waals surface area contributed by atoms with Crippen molar-refractivity contribution in [1.29, 1.82) is 0 Å². The number of ether oxygens (including phenoxy) is 2. The third-order valence-electron chi connectivity index (χ3n) is 4.83. The molecular formula is C21H22BrN3O3. The van der Waals surface area contributed by atoms with Crippen molar-refractivity contribution in [2.75, 3.05) is 33.0 Å². The highest BCUT2D eigenvalue weighted by atomic mass is 79.9. The SMILES string of the molecule is O=C(N/C=C/c1cccc(Br)c1)N1CCN(Cc2ccc3c(c2)OCO3)CC1. The highest BCUT2D eigenvalue weighted by Gasteiger charge is 2.21. The molecular weight excluding hydrogens is 422 g/mol. The molecule has 0 radical (unpaired) electrons. The molecule has 1 fully saturated rings. The lowest BCUT2D eigenvalue weighted by molar-refractivity contribution is 0.137. The summed E-state index contributed by atoms with van der Waals surface area (Å²) in [5, 5.41) is 2.86. The first-order chi connectivity index (χ1) is 13.7. The van der Waals surface area contributed by atoms with Gasteiger partial charge in [0.1, 0.15) is 0 Å².